The Kier molecular flexibility index (Phi) is 4.52. The van der Waals surface area contributed by atoms with E-state index in [1.165, 1.54) is 7.11 Å². The second kappa shape index (κ2) is 5.53. The van der Waals surface area contributed by atoms with Crippen molar-refractivity contribution >= 4 is 38.2 Å². The van der Waals surface area contributed by atoms with Gasteiger partial charge in [-0.15, -0.1) is 0 Å². The van der Waals surface area contributed by atoms with E-state index in [0.29, 0.717) is 5.00 Å². The number of sulfone groups is 1. The predicted octanol–water partition coefficient (Wildman–Crippen LogP) is -0.00730. The van der Waals surface area contributed by atoms with Gasteiger partial charge >= 0.3 is 5.97 Å². The summed E-state index contributed by atoms with van der Waals surface area (Å²) in [5.74, 6) is -0.502. The van der Waals surface area contributed by atoms with Crippen LogP contribution in [0.2, 0.25) is 0 Å². The molecule has 0 amide bonds. The van der Waals surface area contributed by atoms with E-state index in [-0.39, 0.29) is 23.7 Å². The molecule has 1 rings (SSSR count). The average molecular weight is 293 g/mol. The van der Waals surface area contributed by atoms with Crippen LogP contribution < -0.4 is 10.6 Å². The van der Waals surface area contributed by atoms with Gasteiger partial charge in [-0.3, -0.25) is 0 Å². The molecule has 0 aliphatic rings. The fourth-order valence-corrected chi connectivity index (χ4v) is 2.64. The molecule has 1 heterocycles. The third-order valence-corrected chi connectivity index (χ3v) is 4.14. The van der Waals surface area contributed by atoms with Crippen LogP contribution in [0.3, 0.4) is 0 Å². The van der Waals surface area contributed by atoms with E-state index in [9.17, 15) is 13.2 Å². The normalized spacial score (nSPS) is 11.3. The number of ether oxygens (including phenoxy) is 1. The van der Waals surface area contributed by atoms with Crippen LogP contribution in [0.15, 0.2) is 0 Å². The Morgan fingerprint density at radius 1 is 1.56 bits per heavy atom. The standard InChI is InChI=1S/C9H15N3O4S2/c1-12(4-5-18(3,14)15)8-6(9(13)16-2)7(10)11-17-8/h4-5H2,1-3H3,(H2,10,11). The minimum atomic E-state index is -3.06. The lowest BCUT2D eigenvalue weighted by atomic mass is 10.3. The quantitative estimate of drug-likeness (QED) is 0.762. The molecule has 9 heteroatoms. The Morgan fingerprint density at radius 2 is 2.17 bits per heavy atom. The maximum Gasteiger partial charge on any atom is 0.344 e. The number of esters is 1. The van der Waals surface area contributed by atoms with Gasteiger partial charge in [0.25, 0.3) is 0 Å². The van der Waals surface area contributed by atoms with Gasteiger partial charge in [0.2, 0.25) is 0 Å². The number of nitrogen functional groups attached to an aromatic ring is 1. The number of carbonyl (C=O) groups excluding carboxylic acids is 1. The third kappa shape index (κ3) is 3.57. The number of nitrogens with two attached hydrogens (primary N) is 1. The second-order valence-corrected chi connectivity index (χ2v) is 6.80. The zero-order chi connectivity index (χ0) is 13.9. The van der Waals surface area contributed by atoms with Crippen LogP contribution in [0, 0.1) is 0 Å². The molecule has 0 aliphatic carbocycles. The van der Waals surface area contributed by atoms with Crippen molar-refractivity contribution in [2.45, 2.75) is 0 Å². The van der Waals surface area contributed by atoms with Crippen molar-refractivity contribution < 1.29 is 17.9 Å². The van der Waals surface area contributed by atoms with Gasteiger partial charge in [0.15, 0.2) is 5.82 Å². The Bertz CT molecular complexity index is 538. The summed E-state index contributed by atoms with van der Waals surface area (Å²) in [4.78, 5) is 13.2. The highest BCUT2D eigenvalue weighted by molar-refractivity contribution is 7.90. The van der Waals surface area contributed by atoms with E-state index < -0.39 is 15.8 Å². The van der Waals surface area contributed by atoms with E-state index in [0.717, 1.165) is 17.8 Å². The van der Waals surface area contributed by atoms with Crippen molar-refractivity contribution in [3.63, 3.8) is 0 Å². The number of hydrogen-bond acceptors (Lipinski definition) is 8. The zero-order valence-corrected chi connectivity index (χ0v) is 12.0. The molecule has 102 valence electrons. The monoisotopic (exact) mass is 293 g/mol. The number of rotatable bonds is 5. The van der Waals surface area contributed by atoms with Gasteiger partial charge in [-0.1, -0.05) is 0 Å². The first-order valence-electron chi connectivity index (χ1n) is 4.98. The van der Waals surface area contributed by atoms with E-state index in [2.05, 4.69) is 9.11 Å². The maximum absolute atomic E-state index is 11.5. The van der Waals surface area contributed by atoms with Crippen molar-refractivity contribution in [1.29, 1.82) is 0 Å². The molecule has 0 bridgehead atoms. The summed E-state index contributed by atoms with van der Waals surface area (Å²) in [7, 11) is -0.143. The number of anilines is 2. The minimum Gasteiger partial charge on any atom is -0.465 e. The van der Waals surface area contributed by atoms with Crippen LogP contribution in [-0.4, -0.2) is 51.5 Å². The highest BCUT2D eigenvalue weighted by atomic mass is 32.2. The number of carbonyl (C=O) groups is 1. The smallest absolute Gasteiger partial charge is 0.344 e. The van der Waals surface area contributed by atoms with Crippen LogP contribution in [0.4, 0.5) is 10.8 Å². The fourth-order valence-electron chi connectivity index (χ4n) is 1.25. The molecular weight excluding hydrogens is 278 g/mol. The maximum atomic E-state index is 11.5. The first-order valence-corrected chi connectivity index (χ1v) is 7.82. The zero-order valence-electron chi connectivity index (χ0n) is 10.3. The molecule has 0 spiro atoms. The molecule has 0 unspecified atom stereocenters. The van der Waals surface area contributed by atoms with Gasteiger partial charge in [0, 0.05) is 19.8 Å². The summed E-state index contributed by atoms with van der Waals surface area (Å²) in [5, 5.41) is 0.503. The summed E-state index contributed by atoms with van der Waals surface area (Å²) in [6.45, 7) is 0.254. The molecule has 18 heavy (non-hydrogen) atoms. The van der Waals surface area contributed by atoms with Crippen molar-refractivity contribution in [1.82, 2.24) is 4.37 Å². The van der Waals surface area contributed by atoms with Crippen molar-refractivity contribution in [3.8, 4) is 0 Å². The first kappa shape index (κ1) is 14.7. The summed E-state index contributed by atoms with van der Waals surface area (Å²) in [6, 6.07) is 0. The summed E-state index contributed by atoms with van der Waals surface area (Å²) in [6.07, 6.45) is 1.16. The molecule has 0 atom stereocenters. The molecule has 0 saturated carbocycles. The average Bonchev–Trinajstić information content (AvgIpc) is 2.66. The van der Waals surface area contributed by atoms with Crippen LogP contribution in [0.25, 0.3) is 0 Å². The number of aromatic nitrogens is 1. The van der Waals surface area contributed by atoms with Crippen molar-refractivity contribution in [3.05, 3.63) is 5.56 Å². The fraction of sp³-hybridized carbons (Fsp3) is 0.556. The Hall–Kier alpha value is -1.35. The van der Waals surface area contributed by atoms with E-state index >= 15 is 0 Å². The SMILES string of the molecule is COC(=O)c1c(N)nsc1N(C)CCS(C)(=O)=O. The lowest BCUT2D eigenvalue weighted by Gasteiger charge is -2.17. The molecule has 0 saturated heterocycles. The Balaban J connectivity index is 2.93. The largest absolute Gasteiger partial charge is 0.465 e. The van der Waals surface area contributed by atoms with Crippen LogP contribution in [-0.2, 0) is 14.6 Å². The van der Waals surface area contributed by atoms with Gasteiger partial charge < -0.3 is 15.4 Å². The summed E-state index contributed by atoms with van der Waals surface area (Å²) < 4.78 is 30.7. The molecule has 1 aromatic rings. The summed E-state index contributed by atoms with van der Waals surface area (Å²) in [5.41, 5.74) is 5.77. The number of nitrogens with zero attached hydrogens (tertiary/aromatic N) is 2. The van der Waals surface area contributed by atoms with Gasteiger partial charge in [0.05, 0.1) is 12.9 Å². The van der Waals surface area contributed by atoms with E-state index in [4.69, 9.17) is 5.73 Å². The molecule has 0 aliphatic heterocycles. The number of methoxy groups -OCH3 is 1. The predicted molar refractivity (Wildman–Crippen MR) is 70.8 cm³/mol. The second-order valence-electron chi connectivity index (χ2n) is 3.79. The highest BCUT2D eigenvalue weighted by Crippen LogP contribution is 2.30. The van der Waals surface area contributed by atoms with Gasteiger partial charge in [-0.05, 0) is 11.5 Å². The highest BCUT2D eigenvalue weighted by Gasteiger charge is 2.22. The Morgan fingerprint density at radius 3 is 2.67 bits per heavy atom. The van der Waals surface area contributed by atoms with Crippen molar-refractivity contribution in [2.75, 3.05) is 43.3 Å². The Labute approximate surface area is 110 Å². The lowest BCUT2D eigenvalue weighted by Crippen LogP contribution is -2.25. The van der Waals surface area contributed by atoms with Crippen LogP contribution in [0.5, 0.6) is 0 Å². The molecule has 7 nitrogen and oxygen atoms in total. The van der Waals surface area contributed by atoms with Gasteiger partial charge in [-0.25, -0.2) is 13.2 Å². The first-order chi connectivity index (χ1) is 8.26. The molecule has 0 radical (unpaired) electrons. The molecule has 0 aromatic carbocycles. The number of hydrogen-bond donors (Lipinski definition) is 1. The lowest BCUT2D eigenvalue weighted by molar-refractivity contribution is 0.0603. The van der Waals surface area contributed by atoms with Gasteiger partial charge in [0.1, 0.15) is 20.4 Å². The third-order valence-electron chi connectivity index (χ3n) is 2.23. The van der Waals surface area contributed by atoms with E-state index in [1.807, 2.05) is 0 Å². The minimum absolute atomic E-state index is 0.0120. The van der Waals surface area contributed by atoms with Crippen molar-refractivity contribution in [2.24, 2.45) is 0 Å². The van der Waals surface area contributed by atoms with Crippen LogP contribution >= 0.6 is 11.5 Å². The topological polar surface area (TPSA) is 103 Å². The molecule has 1 aromatic heterocycles. The van der Waals surface area contributed by atoms with Gasteiger partial charge in [-0.2, -0.15) is 4.37 Å². The molecule has 2 N–H and O–H groups in total. The summed E-state index contributed by atoms with van der Waals surface area (Å²) >= 11 is 1.03. The molecule has 0 fully saturated rings. The molecular formula is C9H15N3O4S2. The van der Waals surface area contributed by atoms with Crippen LogP contribution in [0.1, 0.15) is 10.4 Å². The van der Waals surface area contributed by atoms with E-state index in [1.54, 1.807) is 11.9 Å².